The summed E-state index contributed by atoms with van der Waals surface area (Å²) in [6, 6.07) is 10.1. The molecule has 0 spiro atoms. The topological polar surface area (TPSA) is 120 Å². The molecule has 0 unspecified atom stereocenters. The zero-order valence-corrected chi connectivity index (χ0v) is 17.3. The highest BCUT2D eigenvalue weighted by Gasteiger charge is 2.16. The van der Waals surface area contributed by atoms with Crippen molar-refractivity contribution in [1.29, 1.82) is 0 Å². The fraction of sp³-hybridized carbons (Fsp3) is 0.550. The first-order valence-corrected chi connectivity index (χ1v) is 10.3. The summed E-state index contributed by atoms with van der Waals surface area (Å²) in [5.74, 6) is 1.70. The highest BCUT2D eigenvalue weighted by molar-refractivity contribution is 5.44. The third kappa shape index (κ3) is 7.71. The van der Waals surface area contributed by atoms with Crippen LogP contribution in [0.1, 0.15) is 5.56 Å². The molecule has 2 aromatic rings. The minimum Gasteiger partial charge on any atom is -0.378 e. The van der Waals surface area contributed by atoms with Crippen LogP contribution < -0.4 is 21.3 Å². The first-order chi connectivity index (χ1) is 14.8. The molecule has 0 atom stereocenters. The summed E-state index contributed by atoms with van der Waals surface area (Å²) in [6.07, 6.45) is 0. The smallest absolute Gasteiger partial charge is 0.232 e. The summed E-state index contributed by atoms with van der Waals surface area (Å²) >= 11 is 0. The van der Waals surface area contributed by atoms with Gasteiger partial charge in [0, 0.05) is 32.7 Å². The Morgan fingerprint density at radius 3 is 2.33 bits per heavy atom. The van der Waals surface area contributed by atoms with Crippen molar-refractivity contribution in [3.05, 3.63) is 35.9 Å². The average molecular weight is 418 g/mol. The van der Waals surface area contributed by atoms with Gasteiger partial charge in [-0.25, -0.2) is 0 Å². The van der Waals surface area contributed by atoms with Gasteiger partial charge >= 0.3 is 0 Å². The molecule has 2 heterocycles. The van der Waals surface area contributed by atoms with Gasteiger partial charge in [0.05, 0.1) is 39.6 Å². The highest BCUT2D eigenvalue weighted by Crippen LogP contribution is 2.15. The van der Waals surface area contributed by atoms with E-state index in [1.54, 1.807) is 0 Å². The van der Waals surface area contributed by atoms with E-state index >= 15 is 0 Å². The van der Waals surface area contributed by atoms with E-state index in [-0.39, 0.29) is 0 Å². The number of hydrogen-bond donors (Lipinski definition) is 3. The second kappa shape index (κ2) is 12.9. The standard InChI is InChI=1S/C20H31N7O3/c21-6-10-28-14-15-29-11-7-22-18-24-19(23-16-17-4-2-1-3-5-17)26-20(25-18)27-8-12-30-13-9-27/h1-5H,6-16,21H2,(H2,22,23,24,25,26). The van der Waals surface area contributed by atoms with E-state index in [1.807, 2.05) is 18.2 Å². The van der Waals surface area contributed by atoms with Crippen LogP contribution in [0.25, 0.3) is 0 Å². The number of nitrogens with two attached hydrogens (primary N) is 1. The first kappa shape index (κ1) is 22.2. The second-order valence-electron chi connectivity index (χ2n) is 6.66. The zero-order chi connectivity index (χ0) is 20.9. The molecule has 0 bridgehead atoms. The van der Waals surface area contributed by atoms with Gasteiger partial charge in [0.2, 0.25) is 17.8 Å². The Morgan fingerprint density at radius 1 is 0.900 bits per heavy atom. The van der Waals surface area contributed by atoms with Gasteiger partial charge in [0.1, 0.15) is 0 Å². The molecule has 1 aliphatic heterocycles. The minimum absolute atomic E-state index is 0.519. The van der Waals surface area contributed by atoms with Crippen LogP contribution in [-0.4, -0.2) is 80.8 Å². The number of rotatable bonds is 13. The van der Waals surface area contributed by atoms with Gasteiger partial charge in [-0.05, 0) is 5.56 Å². The van der Waals surface area contributed by atoms with Gasteiger partial charge in [-0.1, -0.05) is 30.3 Å². The highest BCUT2D eigenvalue weighted by atomic mass is 16.5. The van der Waals surface area contributed by atoms with Gasteiger partial charge in [-0.3, -0.25) is 0 Å². The molecule has 0 radical (unpaired) electrons. The average Bonchev–Trinajstić information content (AvgIpc) is 2.80. The number of nitrogens with zero attached hydrogens (tertiary/aromatic N) is 4. The lowest BCUT2D eigenvalue weighted by Gasteiger charge is -2.27. The lowest BCUT2D eigenvalue weighted by atomic mass is 10.2. The third-order valence-corrected chi connectivity index (χ3v) is 4.37. The summed E-state index contributed by atoms with van der Waals surface area (Å²) in [4.78, 5) is 15.8. The van der Waals surface area contributed by atoms with Crippen LogP contribution in [0.15, 0.2) is 30.3 Å². The van der Waals surface area contributed by atoms with Crippen LogP contribution in [-0.2, 0) is 20.8 Å². The van der Waals surface area contributed by atoms with Crippen LogP contribution >= 0.6 is 0 Å². The van der Waals surface area contributed by atoms with Gasteiger partial charge < -0.3 is 35.5 Å². The largest absolute Gasteiger partial charge is 0.378 e. The molecule has 0 aliphatic carbocycles. The van der Waals surface area contributed by atoms with Crippen molar-refractivity contribution in [3.63, 3.8) is 0 Å². The predicted molar refractivity (Wildman–Crippen MR) is 116 cm³/mol. The van der Waals surface area contributed by atoms with E-state index in [0.29, 0.717) is 77.1 Å². The van der Waals surface area contributed by atoms with Gasteiger partial charge in [-0.2, -0.15) is 15.0 Å². The predicted octanol–water partition coefficient (Wildman–Crippen LogP) is 0.724. The Morgan fingerprint density at radius 2 is 1.60 bits per heavy atom. The SMILES string of the molecule is NCCOCCOCCNc1nc(NCc2ccccc2)nc(N2CCOCC2)n1. The van der Waals surface area contributed by atoms with Gasteiger partial charge in [0.15, 0.2) is 0 Å². The molecule has 30 heavy (non-hydrogen) atoms. The summed E-state index contributed by atoms with van der Waals surface area (Å²) in [7, 11) is 0. The fourth-order valence-corrected chi connectivity index (χ4v) is 2.84. The third-order valence-electron chi connectivity index (χ3n) is 4.37. The lowest BCUT2D eigenvalue weighted by Crippen LogP contribution is -2.37. The fourth-order valence-electron chi connectivity index (χ4n) is 2.84. The van der Waals surface area contributed by atoms with Crippen LogP contribution in [0.3, 0.4) is 0 Å². The van der Waals surface area contributed by atoms with Crippen molar-refractivity contribution in [2.75, 3.05) is 81.4 Å². The maximum absolute atomic E-state index is 5.54. The monoisotopic (exact) mass is 417 g/mol. The number of nitrogens with one attached hydrogen (secondary N) is 2. The maximum Gasteiger partial charge on any atom is 0.232 e. The summed E-state index contributed by atoms with van der Waals surface area (Å²) in [5.41, 5.74) is 6.54. The summed E-state index contributed by atoms with van der Waals surface area (Å²) < 4.78 is 16.3. The summed E-state index contributed by atoms with van der Waals surface area (Å²) in [5, 5.41) is 6.51. The molecule has 1 saturated heterocycles. The van der Waals surface area contributed by atoms with E-state index in [0.717, 1.165) is 18.7 Å². The van der Waals surface area contributed by atoms with Crippen LogP contribution in [0.5, 0.6) is 0 Å². The van der Waals surface area contributed by atoms with E-state index in [1.165, 1.54) is 0 Å². The number of benzene rings is 1. The van der Waals surface area contributed by atoms with Gasteiger partial charge in [0.25, 0.3) is 0 Å². The van der Waals surface area contributed by atoms with Crippen molar-refractivity contribution in [2.45, 2.75) is 6.54 Å². The molecule has 1 aromatic carbocycles. The van der Waals surface area contributed by atoms with E-state index in [2.05, 4.69) is 42.6 Å². The zero-order valence-electron chi connectivity index (χ0n) is 17.3. The van der Waals surface area contributed by atoms with Crippen LogP contribution in [0, 0.1) is 0 Å². The molecule has 1 aromatic heterocycles. The van der Waals surface area contributed by atoms with Crippen molar-refractivity contribution in [1.82, 2.24) is 15.0 Å². The van der Waals surface area contributed by atoms with Crippen molar-refractivity contribution in [2.24, 2.45) is 5.73 Å². The van der Waals surface area contributed by atoms with E-state index < -0.39 is 0 Å². The Balaban J connectivity index is 1.55. The number of ether oxygens (including phenoxy) is 3. The van der Waals surface area contributed by atoms with E-state index in [9.17, 15) is 0 Å². The van der Waals surface area contributed by atoms with Crippen molar-refractivity contribution >= 4 is 17.8 Å². The van der Waals surface area contributed by atoms with Crippen LogP contribution in [0.4, 0.5) is 17.8 Å². The Hall–Kier alpha value is -2.53. The molecule has 3 rings (SSSR count). The normalized spacial score (nSPS) is 14.0. The molecule has 164 valence electrons. The molecular weight excluding hydrogens is 386 g/mol. The maximum atomic E-state index is 5.54. The Bertz CT molecular complexity index is 730. The minimum atomic E-state index is 0.519. The molecule has 10 nitrogen and oxygen atoms in total. The molecule has 0 amide bonds. The van der Waals surface area contributed by atoms with Crippen molar-refractivity contribution < 1.29 is 14.2 Å². The van der Waals surface area contributed by atoms with Crippen LogP contribution in [0.2, 0.25) is 0 Å². The molecule has 0 saturated carbocycles. The Labute approximate surface area is 177 Å². The Kier molecular flexibility index (Phi) is 9.54. The van der Waals surface area contributed by atoms with E-state index in [4.69, 9.17) is 19.9 Å². The molecular formula is C20H31N7O3. The first-order valence-electron chi connectivity index (χ1n) is 10.3. The van der Waals surface area contributed by atoms with Crippen molar-refractivity contribution in [3.8, 4) is 0 Å². The molecule has 4 N–H and O–H groups in total. The molecule has 1 fully saturated rings. The molecule has 10 heteroatoms. The number of aromatic nitrogens is 3. The number of anilines is 3. The molecule has 1 aliphatic rings. The second-order valence-corrected chi connectivity index (χ2v) is 6.66. The lowest BCUT2D eigenvalue weighted by molar-refractivity contribution is 0.0547. The number of morpholine rings is 1. The number of hydrogen-bond acceptors (Lipinski definition) is 10. The van der Waals surface area contributed by atoms with Gasteiger partial charge in [-0.15, -0.1) is 0 Å². The quantitative estimate of drug-likeness (QED) is 0.402. The summed E-state index contributed by atoms with van der Waals surface area (Å²) in [6.45, 7) is 6.74.